The average molecular weight is 369 g/mol. The number of hydrogen-bond acceptors (Lipinski definition) is 4. The normalized spacial score (nSPS) is 24.2. The van der Waals surface area contributed by atoms with Crippen molar-refractivity contribution in [2.24, 2.45) is 5.10 Å². The van der Waals surface area contributed by atoms with Crippen molar-refractivity contribution in [3.63, 3.8) is 0 Å². The highest BCUT2D eigenvalue weighted by Gasteiger charge is 2.35. The van der Waals surface area contributed by atoms with Gasteiger partial charge in [0.05, 0.1) is 23.0 Å². The van der Waals surface area contributed by atoms with E-state index in [2.05, 4.69) is 10.1 Å². The highest BCUT2D eigenvalue weighted by atomic mass is 35.5. The zero-order chi connectivity index (χ0) is 17.8. The maximum absolute atomic E-state index is 12.7. The van der Waals surface area contributed by atoms with Crippen LogP contribution in [0.5, 0.6) is 5.75 Å². The molecule has 26 heavy (non-hydrogen) atoms. The van der Waals surface area contributed by atoms with E-state index in [4.69, 9.17) is 16.3 Å². The van der Waals surface area contributed by atoms with Crippen molar-refractivity contribution in [2.75, 3.05) is 13.7 Å². The number of aromatic nitrogens is 2. The monoisotopic (exact) mass is 368 g/mol. The third-order valence-corrected chi connectivity index (χ3v) is 5.51. The van der Waals surface area contributed by atoms with Crippen LogP contribution >= 0.6 is 11.6 Å². The van der Waals surface area contributed by atoms with E-state index in [0.717, 1.165) is 22.2 Å². The van der Waals surface area contributed by atoms with Gasteiger partial charge in [-0.25, -0.2) is 4.79 Å². The van der Waals surface area contributed by atoms with Gasteiger partial charge in [-0.1, -0.05) is 36.4 Å². The van der Waals surface area contributed by atoms with Crippen molar-refractivity contribution < 1.29 is 4.74 Å². The lowest BCUT2D eigenvalue weighted by Crippen LogP contribution is -2.31. The molecule has 3 heterocycles. The van der Waals surface area contributed by atoms with Gasteiger partial charge in [-0.2, -0.15) is 5.10 Å². The van der Waals surface area contributed by atoms with Crippen LogP contribution in [0.3, 0.4) is 0 Å². The molecule has 0 amide bonds. The predicted molar refractivity (Wildman–Crippen MR) is 101 cm³/mol. The number of imidazole rings is 1. The number of H-pyrrole nitrogens is 1. The zero-order valence-corrected chi connectivity index (χ0v) is 14.8. The van der Waals surface area contributed by atoms with Crippen molar-refractivity contribution in [2.45, 2.75) is 17.5 Å². The molecular formula is C19H17ClN4O2. The summed E-state index contributed by atoms with van der Waals surface area (Å²) in [5, 5.41) is 5.87. The second kappa shape index (κ2) is 5.64. The molecule has 7 heteroatoms. The summed E-state index contributed by atoms with van der Waals surface area (Å²) < 4.78 is 7.99. The second-order valence-corrected chi connectivity index (χ2v) is 7.15. The summed E-state index contributed by atoms with van der Waals surface area (Å²) in [7, 11) is 1.89. The summed E-state index contributed by atoms with van der Waals surface area (Å²) in [6.07, 6.45) is 1.73. The van der Waals surface area contributed by atoms with Gasteiger partial charge in [0.25, 0.3) is 0 Å². The summed E-state index contributed by atoms with van der Waals surface area (Å²) in [6.45, 7) is 0.394. The third kappa shape index (κ3) is 2.12. The number of alkyl halides is 1. The van der Waals surface area contributed by atoms with Gasteiger partial charge >= 0.3 is 5.69 Å². The quantitative estimate of drug-likeness (QED) is 0.707. The minimum absolute atomic E-state index is 0.122. The Balaban J connectivity index is 1.73. The van der Waals surface area contributed by atoms with Crippen LogP contribution in [0, 0.1) is 0 Å². The van der Waals surface area contributed by atoms with Crippen molar-refractivity contribution in [3.8, 4) is 5.75 Å². The maximum atomic E-state index is 12.7. The first-order valence-corrected chi connectivity index (χ1v) is 8.94. The van der Waals surface area contributed by atoms with Gasteiger partial charge in [0.2, 0.25) is 0 Å². The van der Waals surface area contributed by atoms with Crippen LogP contribution in [0.4, 0.5) is 0 Å². The fraction of sp³-hybridized carbons (Fsp3) is 0.263. The molecule has 1 aromatic heterocycles. The van der Waals surface area contributed by atoms with Crippen LogP contribution < -0.4 is 10.4 Å². The number of hydrazone groups is 1. The number of nitrogens with zero attached hydrogens (tertiary/aromatic N) is 3. The Morgan fingerprint density at radius 1 is 1.23 bits per heavy atom. The highest BCUT2D eigenvalue weighted by Crippen LogP contribution is 2.42. The molecule has 0 fully saturated rings. The standard InChI is InChI=1S/C19H17ClN4O2/c1-23-16(13(20)9-21-23)12-7-8-14-17-18(12)26-10-15(24(17)19(25)22-14)11-5-3-2-4-6-11/h2-9,13,15-16H,10H2,1H3,(H,22,25). The number of nitrogens with one attached hydrogen (secondary N) is 1. The molecule has 0 saturated carbocycles. The maximum Gasteiger partial charge on any atom is 0.327 e. The Bertz CT molecular complexity index is 1060. The van der Waals surface area contributed by atoms with Crippen molar-refractivity contribution in [1.82, 2.24) is 14.6 Å². The smallest absolute Gasteiger partial charge is 0.327 e. The molecule has 0 radical (unpaired) electrons. The first-order valence-electron chi connectivity index (χ1n) is 8.51. The SMILES string of the molecule is CN1N=CC(Cl)C1c1ccc2[nH]c(=O)n3c2c1OCC3c1ccccc1. The molecule has 132 valence electrons. The fourth-order valence-electron chi connectivity index (χ4n) is 3.94. The van der Waals surface area contributed by atoms with Gasteiger partial charge in [-0.05, 0) is 11.6 Å². The van der Waals surface area contributed by atoms with Crippen molar-refractivity contribution >= 4 is 28.8 Å². The number of ether oxygens (including phenoxy) is 1. The van der Waals surface area contributed by atoms with Gasteiger partial charge in [-0.3, -0.25) is 9.58 Å². The van der Waals surface area contributed by atoms with Crippen LogP contribution in [0.25, 0.3) is 11.0 Å². The molecule has 0 aliphatic carbocycles. The Morgan fingerprint density at radius 3 is 2.77 bits per heavy atom. The zero-order valence-electron chi connectivity index (χ0n) is 14.1. The van der Waals surface area contributed by atoms with Crippen LogP contribution in [0.2, 0.25) is 0 Å². The first-order chi connectivity index (χ1) is 12.6. The highest BCUT2D eigenvalue weighted by molar-refractivity contribution is 6.29. The van der Waals surface area contributed by atoms with Crippen LogP contribution in [0.1, 0.15) is 23.2 Å². The van der Waals surface area contributed by atoms with Gasteiger partial charge in [0, 0.05) is 18.8 Å². The molecule has 5 rings (SSSR count). The van der Waals surface area contributed by atoms with E-state index in [1.54, 1.807) is 10.8 Å². The summed E-state index contributed by atoms with van der Waals surface area (Å²) in [5.74, 6) is 0.709. The molecular weight excluding hydrogens is 352 g/mol. The molecule has 0 saturated heterocycles. The lowest BCUT2D eigenvalue weighted by molar-refractivity contribution is 0.238. The molecule has 3 unspecified atom stereocenters. The van der Waals surface area contributed by atoms with Crippen LogP contribution in [0.15, 0.2) is 52.4 Å². The topological polar surface area (TPSA) is 62.6 Å². The summed E-state index contributed by atoms with van der Waals surface area (Å²) in [4.78, 5) is 15.6. The molecule has 2 aliphatic heterocycles. The van der Waals surface area contributed by atoms with Crippen LogP contribution in [-0.4, -0.2) is 39.8 Å². The van der Waals surface area contributed by atoms with Crippen molar-refractivity contribution in [1.29, 1.82) is 0 Å². The van der Waals surface area contributed by atoms with Crippen molar-refractivity contribution in [3.05, 3.63) is 64.1 Å². The summed E-state index contributed by atoms with van der Waals surface area (Å²) in [5.41, 5.74) is 3.41. The Hall–Kier alpha value is -2.73. The predicted octanol–water partition coefficient (Wildman–Crippen LogP) is 2.89. The van der Waals surface area contributed by atoms with E-state index >= 15 is 0 Å². The molecule has 0 bridgehead atoms. The summed E-state index contributed by atoms with van der Waals surface area (Å²) in [6, 6.07) is 13.5. The largest absolute Gasteiger partial charge is 0.488 e. The van der Waals surface area contributed by atoms with Gasteiger partial charge < -0.3 is 9.72 Å². The van der Waals surface area contributed by atoms with Gasteiger partial charge in [0.15, 0.2) is 5.75 Å². The minimum atomic E-state index is -0.247. The average Bonchev–Trinajstić information content (AvgIpc) is 3.17. The lowest BCUT2D eigenvalue weighted by atomic mass is 10.00. The molecule has 1 N–H and O–H groups in total. The number of aromatic amines is 1. The Labute approximate surface area is 154 Å². The van der Waals surface area contributed by atoms with E-state index in [1.165, 1.54) is 0 Å². The molecule has 0 spiro atoms. The van der Waals surface area contributed by atoms with E-state index in [1.807, 2.05) is 54.5 Å². The van der Waals surface area contributed by atoms with E-state index in [9.17, 15) is 4.79 Å². The van der Waals surface area contributed by atoms with Gasteiger partial charge in [0.1, 0.15) is 12.1 Å². The fourth-order valence-corrected chi connectivity index (χ4v) is 4.29. The molecule has 3 atom stereocenters. The van der Waals surface area contributed by atoms with E-state index in [-0.39, 0.29) is 23.2 Å². The molecule has 6 nitrogen and oxygen atoms in total. The number of benzene rings is 2. The summed E-state index contributed by atoms with van der Waals surface area (Å²) >= 11 is 6.45. The lowest BCUT2D eigenvalue weighted by Gasteiger charge is -2.30. The number of rotatable bonds is 2. The Kier molecular flexibility index (Phi) is 3.37. The van der Waals surface area contributed by atoms with Gasteiger partial charge in [-0.15, -0.1) is 11.6 Å². The number of hydrogen-bond donors (Lipinski definition) is 1. The second-order valence-electron chi connectivity index (χ2n) is 6.65. The van der Waals surface area contributed by atoms with E-state index in [0.29, 0.717) is 12.4 Å². The minimum Gasteiger partial charge on any atom is -0.488 e. The molecule has 3 aromatic rings. The van der Waals surface area contributed by atoms with Crippen LogP contribution in [-0.2, 0) is 0 Å². The first kappa shape index (κ1) is 15.5. The number of halogens is 1. The molecule has 2 aromatic carbocycles. The third-order valence-electron chi connectivity index (χ3n) is 5.16. The Morgan fingerprint density at radius 2 is 2.04 bits per heavy atom. The van der Waals surface area contributed by atoms with E-state index < -0.39 is 0 Å². The molecule has 2 aliphatic rings.